The van der Waals surface area contributed by atoms with Crippen LogP contribution in [0.5, 0.6) is 0 Å². The minimum absolute atomic E-state index is 0.0548. The average Bonchev–Trinajstić information content (AvgIpc) is 2.44. The van der Waals surface area contributed by atoms with Crippen molar-refractivity contribution in [2.75, 3.05) is 14.2 Å². The lowest BCUT2D eigenvalue weighted by molar-refractivity contribution is -0.137. The van der Waals surface area contributed by atoms with E-state index in [1.165, 1.54) is 18.1 Å². The number of benzene rings is 1. The largest absolute Gasteiger partial charge is 0.466 e. The minimum Gasteiger partial charge on any atom is -0.466 e. The summed E-state index contributed by atoms with van der Waals surface area (Å²) in [5.41, 5.74) is 1.18. The van der Waals surface area contributed by atoms with Crippen molar-refractivity contribution in [3.8, 4) is 0 Å². The van der Waals surface area contributed by atoms with Crippen LogP contribution in [-0.2, 0) is 14.3 Å². The molecule has 0 spiro atoms. The Morgan fingerprint density at radius 3 is 2.65 bits per heavy atom. The van der Waals surface area contributed by atoms with Crippen LogP contribution in [0, 0.1) is 5.82 Å². The third-order valence-corrected chi connectivity index (χ3v) is 3.68. The normalized spacial score (nSPS) is 19.3. The third-order valence-electron chi connectivity index (χ3n) is 3.68. The van der Waals surface area contributed by atoms with Crippen LogP contribution in [0.3, 0.4) is 0 Å². The summed E-state index contributed by atoms with van der Waals surface area (Å²) in [6.07, 6.45) is 0.0548. The number of hydrogen-bond donors (Lipinski definition) is 0. The lowest BCUT2D eigenvalue weighted by atomic mass is 9.83. The summed E-state index contributed by atoms with van der Waals surface area (Å²) in [5.74, 6) is -1.71. The Hall–Kier alpha value is -2.17. The maximum atomic E-state index is 14.0. The van der Waals surface area contributed by atoms with Crippen molar-refractivity contribution in [2.24, 2.45) is 0 Å². The number of rotatable bonds is 2. The molecule has 1 unspecified atom stereocenters. The van der Waals surface area contributed by atoms with Crippen LogP contribution in [-0.4, -0.2) is 30.9 Å². The van der Waals surface area contributed by atoms with E-state index in [2.05, 4.69) is 0 Å². The van der Waals surface area contributed by atoms with Gasteiger partial charge in [-0.05, 0) is 18.6 Å². The number of halogens is 1. The number of allylic oxidation sites excluding steroid dienone is 1. The highest BCUT2D eigenvalue weighted by Crippen LogP contribution is 2.37. The Morgan fingerprint density at radius 2 is 2.05 bits per heavy atom. The van der Waals surface area contributed by atoms with Crippen LogP contribution in [0.1, 0.15) is 24.8 Å². The van der Waals surface area contributed by atoms with E-state index in [1.54, 1.807) is 32.2 Å². The third kappa shape index (κ3) is 2.31. The van der Waals surface area contributed by atoms with Gasteiger partial charge in [0.1, 0.15) is 5.82 Å². The second kappa shape index (κ2) is 5.45. The molecule has 0 saturated carbocycles. The van der Waals surface area contributed by atoms with Gasteiger partial charge in [0, 0.05) is 25.1 Å². The van der Waals surface area contributed by atoms with Crippen molar-refractivity contribution in [3.05, 3.63) is 46.9 Å². The molecule has 1 aromatic carbocycles. The number of nitrogens with zero attached hydrogens (tertiary/aromatic N) is 1. The Bertz CT molecular complexity index is 595. The maximum absolute atomic E-state index is 14.0. The number of carbonyl (C=O) groups excluding carboxylic acids is 2. The van der Waals surface area contributed by atoms with Crippen LogP contribution in [0.2, 0.25) is 0 Å². The topological polar surface area (TPSA) is 46.6 Å². The molecule has 1 atom stereocenters. The molecule has 1 amide bonds. The zero-order valence-electron chi connectivity index (χ0n) is 11.6. The number of ether oxygens (including phenoxy) is 1. The van der Waals surface area contributed by atoms with Gasteiger partial charge >= 0.3 is 5.97 Å². The first-order valence-electron chi connectivity index (χ1n) is 6.27. The monoisotopic (exact) mass is 277 g/mol. The molecule has 1 aliphatic heterocycles. The maximum Gasteiger partial charge on any atom is 0.336 e. The van der Waals surface area contributed by atoms with Crippen LogP contribution in [0.25, 0.3) is 0 Å². The average molecular weight is 277 g/mol. The van der Waals surface area contributed by atoms with Crippen molar-refractivity contribution >= 4 is 11.9 Å². The highest BCUT2D eigenvalue weighted by atomic mass is 19.1. The van der Waals surface area contributed by atoms with E-state index in [9.17, 15) is 14.0 Å². The number of hydrogen-bond acceptors (Lipinski definition) is 3. The van der Waals surface area contributed by atoms with Crippen LogP contribution >= 0.6 is 0 Å². The van der Waals surface area contributed by atoms with Gasteiger partial charge in [-0.1, -0.05) is 18.2 Å². The van der Waals surface area contributed by atoms with Crippen LogP contribution in [0.4, 0.5) is 4.39 Å². The predicted octanol–water partition coefficient (Wildman–Crippen LogP) is 2.22. The van der Waals surface area contributed by atoms with Gasteiger partial charge in [0.2, 0.25) is 5.91 Å². The van der Waals surface area contributed by atoms with Gasteiger partial charge in [0.05, 0.1) is 12.7 Å². The number of methoxy groups -OCH3 is 1. The van der Waals surface area contributed by atoms with Gasteiger partial charge < -0.3 is 9.64 Å². The Balaban J connectivity index is 2.58. The molecule has 20 heavy (non-hydrogen) atoms. The van der Waals surface area contributed by atoms with E-state index in [4.69, 9.17) is 4.74 Å². The Kier molecular flexibility index (Phi) is 3.88. The molecule has 1 aromatic rings. The molecule has 0 saturated heterocycles. The lowest BCUT2D eigenvalue weighted by Gasteiger charge is -2.31. The number of esters is 1. The van der Waals surface area contributed by atoms with Crippen molar-refractivity contribution in [2.45, 2.75) is 19.3 Å². The predicted molar refractivity (Wildman–Crippen MR) is 71.2 cm³/mol. The zero-order chi connectivity index (χ0) is 14.9. The fraction of sp³-hybridized carbons (Fsp3) is 0.333. The summed E-state index contributed by atoms with van der Waals surface area (Å²) in [5, 5.41) is 0. The lowest BCUT2D eigenvalue weighted by Crippen LogP contribution is -2.35. The molecule has 0 aliphatic carbocycles. The van der Waals surface area contributed by atoms with Crippen molar-refractivity contribution < 1.29 is 18.7 Å². The summed E-state index contributed by atoms with van der Waals surface area (Å²) < 4.78 is 18.7. The molecule has 0 bridgehead atoms. The highest BCUT2D eigenvalue weighted by molar-refractivity contribution is 5.95. The Labute approximate surface area is 116 Å². The molecule has 2 rings (SSSR count). The minimum atomic E-state index is -0.604. The molecule has 5 heteroatoms. The number of amides is 1. The molecule has 0 N–H and O–H groups in total. The van der Waals surface area contributed by atoms with E-state index < -0.39 is 17.7 Å². The first kappa shape index (κ1) is 14.2. The summed E-state index contributed by atoms with van der Waals surface area (Å²) in [7, 11) is 2.87. The fourth-order valence-corrected chi connectivity index (χ4v) is 2.46. The van der Waals surface area contributed by atoms with Crippen LogP contribution < -0.4 is 0 Å². The zero-order valence-corrected chi connectivity index (χ0v) is 11.6. The highest BCUT2D eigenvalue weighted by Gasteiger charge is 2.36. The van der Waals surface area contributed by atoms with Gasteiger partial charge in [-0.2, -0.15) is 0 Å². The second-order valence-electron chi connectivity index (χ2n) is 4.72. The molecule has 0 fully saturated rings. The molecule has 1 aliphatic rings. The quantitative estimate of drug-likeness (QED) is 0.779. The van der Waals surface area contributed by atoms with E-state index in [0.29, 0.717) is 16.8 Å². The van der Waals surface area contributed by atoms with Crippen LogP contribution in [0.15, 0.2) is 35.5 Å². The van der Waals surface area contributed by atoms with Gasteiger partial charge in [-0.15, -0.1) is 0 Å². The molecule has 1 heterocycles. The van der Waals surface area contributed by atoms with Crippen molar-refractivity contribution in [1.82, 2.24) is 4.90 Å². The summed E-state index contributed by atoms with van der Waals surface area (Å²) in [4.78, 5) is 25.4. The van der Waals surface area contributed by atoms with Crippen molar-refractivity contribution in [3.63, 3.8) is 0 Å². The van der Waals surface area contributed by atoms with E-state index in [-0.39, 0.29) is 12.3 Å². The molecule has 4 nitrogen and oxygen atoms in total. The van der Waals surface area contributed by atoms with E-state index in [1.807, 2.05) is 0 Å². The standard InChI is InChI=1S/C15H16FNO3/c1-9-14(15(19)20-3)11(8-13(18)17(9)2)10-6-4-5-7-12(10)16/h4-7,11H,8H2,1-3H3. The van der Waals surface area contributed by atoms with Gasteiger partial charge in [-0.25, -0.2) is 9.18 Å². The fourth-order valence-electron chi connectivity index (χ4n) is 2.46. The smallest absolute Gasteiger partial charge is 0.336 e. The van der Waals surface area contributed by atoms with E-state index in [0.717, 1.165) is 0 Å². The van der Waals surface area contributed by atoms with E-state index >= 15 is 0 Å². The Morgan fingerprint density at radius 1 is 1.40 bits per heavy atom. The summed E-state index contributed by atoms with van der Waals surface area (Å²) >= 11 is 0. The summed E-state index contributed by atoms with van der Waals surface area (Å²) in [6, 6.07) is 6.17. The van der Waals surface area contributed by atoms with Gasteiger partial charge in [0.25, 0.3) is 0 Å². The SMILES string of the molecule is COC(=O)C1=C(C)N(C)C(=O)CC1c1ccccc1F. The van der Waals surface area contributed by atoms with Gasteiger partial charge in [0.15, 0.2) is 0 Å². The van der Waals surface area contributed by atoms with Crippen molar-refractivity contribution in [1.29, 1.82) is 0 Å². The molecule has 0 aromatic heterocycles. The number of carbonyl (C=O) groups is 2. The molecule has 106 valence electrons. The molecule has 0 radical (unpaired) electrons. The molecular weight excluding hydrogens is 261 g/mol. The summed E-state index contributed by atoms with van der Waals surface area (Å²) in [6.45, 7) is 1.66. The second-order valence-corrected chi connectivity index (χ2v) is 4.72. The van der Waals surface area contributed by atoms with Gasteiger partial charge in [-0.3, -0.25) is 4.79 Å². The molecular formula is C15H16FNO3. The first-order chi connectivity index (χ1) is 9.47. The first-order valence-corrected chi connectivity index (χ1v) is 6.27.